The second kappa shape index (κ2) is 4.86. The zero-order valence-electron chi connectivity index (χ0n) is 9.98. The smallest absolute Gasteiger partial charge is 0.181 e. The topological polar surface area (TPSA) is 55.5 Å². The molecule has 0 radical (unpaired) electrons. The molecule has 0 aliphatic heterocycles. The second-order valence-electron chi connectivity index (χ2n) is 3.93. The fraction of sp³-hybridized carbons (Fsp3) is 0. The molecule has 0 aliphatic carbocycles. The Hall–Kier alpha value is -2.75. The summed E-state index contributed by atoms with van der Waals surface area (Å²) < 4.78 is 11.0. The maximum atomic E-state index is 9.97. The van der Waals surface area contributed by atoms with Crippen LogP contribution in [-0.2, 0) is 0 Å². The number of ether oxygens (including phenoxy) is 1. The summed E-state index contributed by atoms with van der Waals surface area (Å²) in [6.45, 7) is 0. The highest BCUT2D eigenvalue weighted by atomic mass is 16.5. The van der Waals surface area contributed by atoms with E-state index >= 15 is 0 Å². The number of rotatable bonds is 3. The summed E-state index contributed by atoms with van der Waals surface area (Å²) in [4.78, 5) is 3.85. The molecule has 0 saturated heterocycles. The van der Waals surface area contributed by atoms with Crippen molar-refractivity contribution in [1.82, 2.24) is 4.98 Å². The van der Waals surface area contributed by atoms with Crippen LogP contribution in [0.1, 0.15) is 0 Å². The first kappa shape index (κ1) is 11.3. The monoisotopic (exact) mass is 253 g/mol. The fourth-order valence-corrected chi connectivity index (χ4v) is 1.81. The summed E-state index contributed by atoms with van der Waals surface area (Å²) in [5.41, 5.74) is 0.490. The average molecular weight is 253 g/mol. The molecule has 1 N–H and O–H groups in total. The van der Waals surface area contributed by atoms with Crippen molar-refractivity contribution >= 4 is 0 Å². The van der Waals surface area contributed by atoms with Gasteiger partial charge in [-0.3, -0.25) is 0 Å². The molecule has 0 bridgehead atoms. The molecular weight excluding hydrogens is 242 g/mol. The Balaban J connectivity index is 2.05. The largest absolute Gasteiger partial charge is 0.507 e. The molecule has 1 heterocycles. The van der Waals surface area contributed by atoms with Gasteiger partial charge in [-0.25, -0.2) is 4.98 Å². The molecule has 3 aromatic rings. The summed E-state index contributed by atoms with van der Waals surface area (Å²) in [7, 11) is 0. The molecule has 4 heteroatoms. The average Bonchev–Trinajstić information content (AvgIpc) is 2.94. The lowest BCUT2D eigenvalue weighted by Gasteiger charge is -2.10. The van der Waals surface area contributed by atoms with E-state index in [-0.39, 0.29) is 5.75 Å². The van der Waals surface area contributed by atoms with Crippen LogP contribution >= 0.6 is 0 Å². The molecule has 0 amide bonds. The number of benzene rings is 2. The lowest BCUT2D eigenvalue weighted by Crippen LogP contribution is -1.87. The summed E-state index contributed by atoms with van der Waals surface area (Å²) in [5.74, 6) is 1.76. The highest BCUT2D eigenvalue weighted by Crippen LogP contribution is 2.39. The highest BCUT2D eigenvalue weighted by molar-refractivity contribution is 5.72. The Morgan fingerprint density at radius 3 is 2.58 bits per heavy atom. The SMILES string of the molecule is Oc1cccc(Oc2ccccc2)c1-c1cnco1. The van der Waals surface area contributed by atoms with E-state index in [1.54, 1.807) is 18.2 Å². The van der Waals surface area contributed by atoms with Gasteiger partial charge < -0.3 is 14.3 Å². The van der Waals surface area contributed by atoms with E-state index < -0.39 is 0 Å². The Morgan fingerprint density at radius 1 is 1.00 bits per heavy atom. The quantitative estimate of drug-likeness (QED) is 0.770. The Bertz CT molecular complexity index is 663. The van der Waals surface area contributed by atoms with Crippen LogP contribution < -0.4 is 4.74 Å². The van der Waals surface area contributed by atoms with Gasteiger partial charge >= 0.3 is 0 Å². The van der Waals surface area contributed by atoms with E-state index in [0.29, 0.717) is 22.8 Å². The van der Waals surface area contributed by atoms with Crippen molar-refractivity contribution in [2.75, 3.05) is 0 Å². The predicted molar refractivity (Wildman–Crippen MR) is 70.1 cm³/mol. The van der Waals surface area contributed by atoms with Crippen molar-refractivity contribution < 1.29 is 14.3 Å². The maximum Gasteiger partial charge on any atom is 0.181 e. The van der Waals surface area contributed by atoms with Crippen LogP contribution in [0.4, 0.5) is 0 Å². The van der Waals surface area contributed by atoms with Crippen LogP contribution in [0.3, 0.4) is 0 Å². The van der Waals surface area contributed by atoms with Gasteiger partial charge in [-0.15, -0.1) is 0 Å². The van der Waals surface area contributed by atoms with Gasteiger partial charge in [-0.2, -0.15) is 0 Å². The van der Waals surface area contributed by atoms with Crippen molar-refractivity contribution in [3.63, 3.8) is 0 Å². The Morgan fingerprint density at radius 2 is 1.84 bits per heavy atom. The predicted octanol–water partition coefficient (Wildman–Crippen LogP) is 3.84. The van der Waals surface area contributed by atoms with Gasteiger partial charge in [0.2, 0.25) is 0 Å². The van der Waals surface area contributed by atoms with Crippen molar-refractivity contribution in [2.45, 2.75) is 0 Å². The van der Waals surface area contributed by atoms with Crippen molar-refractivity contribution in [1.29, 1.82) is 0 Å². The maximum absolute atomic E-state index is 9.97. The van der Waals surface area contributed by atoms with Crippen molar-refractivity contribution in [3.8, 4) is 28.6 Å². The molecule has 0 unspecified atom stereocenters. The number of phenols is 1. The molecule has 0 fully saturated rings. The number of nitrogens with zero attached hydrogens (tertiary/aromatic N) is 1. The van der Waals surface area contributed by atoms with E-state index in [4.69, 9.17) is 9.15 Å². The van der Waals surface area contributed by atoms with E-state index in [0.717, 1.165) is 0 Å². The summed E-state index contributed by atoms with van der Waals surface area (Å²) in [6, 6.07) is 14.4. The van der Waals surface area contributed by atoms with Gasteiger partial charge in [0.15, 0.2) is 12.2 Å². The van der Waals surface area contributed by atoms with Crippen LogP contribution in [0.25, 0.3) is 11.3 Å². The zero-order chi connectivity index (χ0) is 13.1. The van der Waals surface area contributed by atoms with Crippen LogP contribution in [0, 0.1) is 0 Å². The molecule has 3 rings (SSSR count). The minimum atomic E-state index is 0.0881. The van der Waals surface area contributed by atoms with Gasteiger partial charge in [0.05, 0.1) is 6.20 Å². The third kappa shape index (κ3) is 2.28. The van der Waals surface area contributed by atoms with Gasteiger partial charge in [-0.05, 0) is 24.3 Å². The molecule has 1 aromatic heterocycles. The molecule has 19 heavy (non-hydrogen) atoms. The second-order valence-corrected chi connectivity index (χ2v) is 3.93. The van der Waals surface area contributed by atoms with Crippen molar-refractivity contribution in [3.05, 3.63) is 61.1 Å². The molecular formula is C15H11NO3. The van der Waals surface area contributed by atoms with E-state index in [2.05, 4.69) is 4.98 Å². The molecule has 0 saturated carbocycles. The fourth-order valence-electron chi connectivity index (χ4n) is 1.81. The summed E-state index contributed by atoms with van der Waals surface area (Å²) in [5, 5.41) is 9.97. The Labute approximate surface area is 109 Å². The van der Waals surface area contributed by atoms with Gasteiger partial charge in [-0.1, -0.05) is 24.3 Å². The first-order chi connectivity index (χ1) is 9.34. The Kier molecular flexibility index (Phi) is 2.90. The number of para-hydroxylation sites is 1. The number of hydrogen-bond donors (Lipinski definition) is 1. The number of aromatic hydroxyl groups is 1. The van der Waals surface area contributed by atoms with E-state index in [9.17, 15) is 5.11 Å². The molecule has 4 nitrogen and oxygen atoms in total. The van der Waals surface area contributed by atoms with E-state index in [1.807, 2.05) is 30.3 Å². The van der Waals surface area contributed by atoms with Crippen molar-refractivity contribution in [2.24, 2.45) is 0 Å². The van der Waals surface area contributed by atoms with Crippen LogP contribution in [0.5, 0.6) is 17.2 Å². The number of phenolic OH excluding ortho intramolecular Hbond substituents is 1. The minimum Gasteiger partial charge on any atom is -0.507 e. The highest BCUT2D eigenvalue weighted by Gasteiger charge is 2.15. The van der Waals surface area contributed by atoms with Gasteiger partial charge in [0.1, 0.15) is 22.8 Å². The summed E-state index contributed by atoms with van der Waals surface area (Å²) >= 11 is 0. The number of aromatic nitrogens is 1. The molecule has 0 atom stereocenters. The van der Waals surface area contributed by atoms with E-state index in [1.165, 1.54) is 12.6 Å². The third-order valence-corrected chi connectivity index (χ3v) is 2.65. The first-order valence-corrected chi connectivity index (χ1v) is 5.78. The molecule has 2 aromatic carbocycles. The first-order valence-electron chi connectivity index (χ1n) is 5.78. The molecule has 94 valence electrons. The molecule has 0 aliphatic rings. The number of oxazole rings is 1. The summed E-state index contributed by atoms with van der Waals surface area (Å²) in [6.07, 6.45) is 2.85. The minimum absolute atomic E-state index is 0.0881. The normalized spacial score (nSPS) is 10.3. The lowest BCUT2D eigenvalue weighted by atomic mass is 10.1. The van der Waals surface area contributed by atoms with Gasteiger partial charge in [0.25, 0.3) is 0 Å². The van der Waals surface area contributed by atoms with Gasteiger partial charge in [0, 0.05) is 0 Å². The zero-order valence-corrected chi connectivity index (χ0v) is 9.98. The standard InChI is InChI=1S/C15H11NO3/c17-12-7-4-8-13(15(12)14-9-16-10-18-14)19-11-5-2-1-3-6-11/h1-10,17H. The lowest BCUT2D eigenvalue weighted by molar-refractivity contribution is 0.453. The third-order valence-electron chi connectivity index (χ3n) is 2.65. The number of hydrogen-bond acceptors (Lipinski definition) is 4. The molecule has 0 spiro atoms. The van der Waals surface area contributed by atoms with Crippen LogP contribution in [0.2, 0.25) is 0 Å². The van der Waals surface area contributed by atoms with Crippen LogP contribution in [0.15, 0.2) is 65.5 Å². The van der Waals surface area contributed by atoms with Crippen LogP contribution in [-0.4, -0.2) is 10.1 Å².